The smallest absolute Gasteiger partial charge is 0.240 e. The summed E-state index contributed by atoms with van der Waals surface area (Å²) in [4.78, 5) is 23.7. The molecule has 1 atom stereocenters. The van der Waals surface area contributed by atoms with Crippen LogP contribution < -0.4 is 15.4 Å². The zero-order chi connectivity index (χ0) is 21.6. The number of anilines is 1. The number of benzene rings is 2. The van der Waals surface area contributed by atoms with Gasteiger partial charge in [0.2, 0.25) is 21.8 Å². The molecule has 7 nitrogen and oxygen atoms in total. The van der Waals surface area contributed by atoms with Gasteiger partial charge in [0.05, 0.1) is 4.90 Å². The van der Waals surface area contributed by atoms with Gasteiger partial charge < -0.3 is 10.6 Å². The van der Waals surface area contributed by atoms with E-state index in [-0.39, 0.29) is 35.7 Å². The average molecular weight is 430 g/mol. The Morgan fingerprint density at radius 1 is 1.13 bits per heavy atom. The van der Waals surface area contributed by atoms with Crippen LogP contribution in [-0.2, 0) is 32.5 Å². The minimum absolute atomic E-state index is 0.00479. The van der Waals surface area contributed by atoms with Gasteiger partial charge in [-0.1, -0.05) is 30.3 Å². The van der Waals surface area contributed by atoms with Gasteiger partial charge in [0.25, 0.3) is 0 Å². The van der Waals surface area contributed by atoms with Crippen LogP contribution >= 0.6 is 0 Å². The predicted octanol–water partition coefficient (Wildman–Crippen LogP) is 2.38. The van der Waals surface area contributed by atoms with Gasteiger partial charge >= 0.3 is 0 Å². The highest BCUT2D eigenvalue weighted by molar-refractivity contribution is 7.89. The standard InChI is InChI=1S/C22H27N3O4S/c1-16(7-8-17-5-3-2-4-6-17)24-22(27)13-14-23-30(28,29)19-10-11-20-18(15-19)9-12-21(26)25-20/h2-6,10-11,15-16,23H,7-9,12-14H2,1H3,(H,24,27)(H,25,26)/t16-/m0/s1. The van der Waals surface area contributed by atoms with E-state index in [2.05, 4.69) is 27.5 Å². The van der Waals surface area contributed by atoms with Crippen molar-refractivity contribution in [1.82, 2.24) is 10.0 Å². The summed E-state index contributed by atoms with van der Waals surface area (Å²) in [6, 6.07) is 14.7. The fraction of sp³-hybridized carbons (Fsp3) is 0.364. The van der Waals surface area contributed by atoms with Crippen LogP contribution in [0.25, 0.3) is 0 Å². The highest BCUT2D eigenvalue weighted by atomic mass is 32.2. The minimum Gasteiger partial charge on any atom is -0.354 e. The van der Waals surface area contributed by atoms with Gasteiger partial charge in [0.15, 0.2) is 0 Å². The molecule has 0 aromatic heterocycles. The predicted molar refractivity (Wildman–Crippen MR) is 116 cm³/mol. The van der Waals surface area contributed by atoms with E-state index in [1.54, 1.807) is 12.1 Å². The number of aryl methyl sites for hydroxylation is 2. The number of hydrogen-bond donors (Lipinski definition) is 3. The third-order valence-electron chi connectivity index (χ3n) is 5.04. The maximum Gasteiger partial charge on any atom is 0.240 e. The van der Waals surface area contributed by atoms with E-state index in [0.717, 1.165) is 18.4 Å². The minimum atomic E-state index is -3.72. The summed E-state index contributed by atoms with van der Waals surface area (Å²) in [6.45, 7) is 1.96. The van der Waals surface area contributed by atoms with Crippen LogP contribution in [0.4, 0.5) is 5.69 Å². The zero-order valence-electron chi connectivity index (χ0n) is 17.0. The first-order valence-corrected chi connectivity index (χ1v) is 11.6. The van der Waals surface area contributed by atoms with Crippen LogP contribution in [0.1, 0.15) is 37.3 Å². The number of hydrogen-bond acceptors (Lipinski definition) is 4. The molecule has 160 valence electrons. The van der Waals surface area contributed by atoms with Crippen LogP contribution in [0.3, 0.4) is 0 Å². The zero-order valence-corrected chi connectivity index (χ0v) is 17.8. The van der Waals surface area contributed by atoms with Crippen molar-refractivity contribution in [3.63, 3.8) is 0 Å². The van der Waals surface area contributed by atoms with Crippen LogP contribution in [0, 0.1) is 0 Å². The van der Waals surface area contributed by atoms with Gasteiger partial charge in [-0.3, -0.25) is 9.59 Å². The summed E-state index contributed by atoms with van der Waals surface area (Å²) in [5.41, 5.74) is 2.66. The molecule has 0 fully saturated rings. The van der Waals surface area contributed by atoms with Gasteiger partial charge in [-0.05, 0) is 55.5 Å². The molecule has 30 heavy (non-hydrogen) atoms. The molecule has 3 N–H and O–H groups in total. The number of carbonyl (C=O) groups excluding carboxylic acids is 2. The van der Waals surface area contributed by atoms with E-state index in [1.807, 2.05) is 25.1 Å². The Hall–Kier alpha value is -2.71. The lowest BCUT2D eigenvalue weighted by Crippen LogP contribution is -2.35. The Bertz CT molecular complexity index is 1010. The summed E-state index contributed by atoms with van der Waals surface area (Å²) >= 11 is 0. The molecule has 1 aliphatic rings. The van der Waals surface area contributed by atoms with Gasteiger partial charge in [-0.25, -0.2) is 13.1 Å². The van der Waals surface area contributed by atoms with E-state index in [1.165, 1.54) is 11.6 Å². The van der Waals surface area contributed by atoms with E-state index < -0.39 is 10.0 Å². The molecule has 3 rings (SSSR count). The largest absolute Gasteiger partial charge is 0.354 e. The Morgan fingerprint density at radius 3 is 2.67 bits per heavy atom. The molecule has 0 radical (unpaired) electrons. The maximum absolute atomic E-state index is 12.5. The Labute approximate surface area is 177 Å². The van der Waals surface area contributed by atoms with Crippen molar-refractivity contribution in [3.8, 4) is 0 Å². The number of nitrogens with one attached hydrogen (secondary N) is 3. The van der Waals surface area contributed by atoms with E-state index in [0.29, 0.717) is 18.5 Å². The quantitative estimate of drug-likeness (QED) is 0.569. The molecule has 0 saturated carbocycles. The SMILES string of the molecule is C[C@@H](CCc1ccccc1)NC(=O)CCNS(=O)(=O)c1ccc2c(c1)CCC(=O)N2. The van der Waals surface area contributed by atoms with Gasteiger partial charge in [0, 0.05) is 31.1 Å². The number of rotatable bonds is 9. The number of amides is 2. The van der Waals surface area contributed by atoms with Crippen LogP contribution in [-0.4, -0.2) is 32.8 Å². The normalized spacial score (nSPS) is 14.5. The summed E-state index contributed by atoms with van der Waals surface area (Å²) in [7, 11) is -3.72. The van der Waals surface area contributed by atoms with E-state index in [4.69, 9.17) is 0 Å². The van der Waals surface area contributed by atoms with Gasteiger partial charge in [0.1, 0.15) is 0 Å². The molecule has 2 aromatic carbocycles. The summed E-state index contributed by atoms with van der Waals surface area (Å²) < 4.78 is 27.5. The van der Waals surface area contributed by atoms with Crippen molar-refractivity contribution in [2.24, 2.45) is 0 Å². The number of sulfonamides is 1. The molecule has 1 aliphatic heterocycles. The molecule has 0 bridgehead atoms. The maximum atomic E-state index is 12.5. The lowest BCUT2D eigenvalue weighted by Gasteiger charge is -2.18. The first-order valence-electron chi connectivity index (χ1n) is 10.1. The average Bonchev–Trinajstić information content (AvgIpc) is 2.72. The first-order chi connectivity index (χ1) is 14.3. The van der Waals surface area contributed by atoms with Crippen molar-refractivity contribution < 1.29 is 18.0 Å². The highest BCUT2D eigenvalue weighted by Gasteiger charge is 2.20. The van der Waals surface area contributed by atoms with Crippen molar-refractivity contribution in [3.05, 3.63) is 59.7 Å². The lowest BCUT2D eigenvalue weighted by molar-refractivity contribution is -0.121. The Kier molecular flexibility index (Phi) is 7.23. The first kappa shape index (κ1) is 22.0. The molecule has 2 amide bonds. The molecule has 1 heterocycles. The van der Waals surface area contributed by atoms with Crippen molar-refractivity contribution >= 4 is 27.5 Å². The van der Waals surface area contributed by atoms with Crippen molar-refractivity contribution in [1.29, 1.82) is 0 Å². The molecule has 2 aromatic rings. The molecular formula is C22H27N3O4S. The topological polar surface area (TPSA) is 104 Å². The van der Waals surface area contributed by atoms with E-state index in [9.17, 15) is 18.0 Å². The highest BCUT2D eigenvalue weighted by Crippen LogP contribution is 2.25. The van der Waals surface area contributed by atoms with Gasteiger partial charge in [-0.2, -0.15) is 0 Å². The third-order valence-corrected chi connectivity index (χ3v) is 6.50. The number of fused-ring (bicyclic) bond motifs is 1. The molecule has 0 spiro atoms. The van der Waals surface area contributed by atoms with Gasteiger partial charge in [-0.15, -0.1) is 0 Å². The molecular weight excluding hydrogens is 402 g/mol. The summed E-state index contributed by atoms with van der Waals surface area (Å²) in [5, 5.41) is 5.64. The lowest BCUT2D eigenvalue weighted by atomic mass is 10.0. The van der Waals surface area contributed by atoms with Crippen LogP contribution in [0.5, 0.6) is 0 Å². The number of carbonyl (C=O) groups is 2. The Balaban J connectivity index is 1.44. The summed E-state index contributed by atoms with van der Waals surface area (Å²) in [6.07, 6.45) is 2.59. The second-order valence-electron chi connectivity index (χ2n) is 7.51. The van der Waals surface area contributed by atoms with Crippen molar-refractivity contribution in [2.45, 2.75) is 50.0 Å². The van der Waals surface area contributed by atoms with E-state index >= 15 is 0 Å². The monoisotopic (exact) mass is 429 g/mol. The fourth-order valence-corrected chi connectivity index (χ4v) is 4.44. The molecule has 8 heteroatoms. The second-order valence-corrected chi connectivity index (χ2v) is 9.27. The second kappa shape index (κ2) is 9.86. The fourth-order valence-electron chi connectivity index (χ4n) is 3.36. The molecule has 0 aliphatic carbocycles. The van der Waals surface area contributed by atoms with Crippen molar-refractivity contribution in [2.75, 3.05) is 11.9 Å². The third kappa shape index (κ3) is 6.14. The van der Waals surface area contributed by atoms with Crippen LogP contribution in [0.2, 0.25) is 0 Å². The Morgan fingerprint density at radius 2 is 1.90 bits per heavy atom. The van der Waals surface area contributed by atoms with Crippen LogP contribution in [0.15, 0.2) is 53.4 Å². The molecule has 0 saturated heterocycles. The summed E-state index contributed by atoms with van der Waals surface area (Å²) in [5.74, 6) is -0.258. The molecule has 0 unspecified atom stereocenters.